The maximum atomic E-state index is 13.1. The highest BCUT2D eigenvalue weighted by molar-refractivity contribution is 6.08. The number of hydrogen-bond donors (Lipinski definition) is 2. The van der Waals surface area contributed by atoms with Crippen molar-refractivity contribution >= 4 is 11.6 Å². The van der Waals surface area contributed by atoms with Gasteiger partial charge >= 0.3 is 6.18 Å². The average Bonchev–Trinajstić information content (AvgIpc) is 3.28. The van der Waals surface area contributed by atoms with Crippen LogP contribution in [0.2, 0.25) is 0 Å². The SMILES string of the molecule is O=C(Nc1ccc2c(c1)CC(N1CCNCC1)C2)c1ccccc1-c1ccc(C(F)(F)F)cc1. The lowest BCUT2D eigenvalue weighted by Gasteiger charge is -2.32. The third-order valence-electron chi connectivity index (χ3n) is 6.74. The Kier molecular flexibility index (Phi) is 6.15. The van der Waals surface area contributed by atoms with Crippen LogP contribution in [-0.2, 0) is 19.0 Å². The molecule has 1 heterocycles. The minimum atomic E-state index is -4.40. The van der Waals surface area contributed by atoms with Crippen molar-refractivity contribution < 1.29 is 18.0 Å². The molecule has 3 aromatic rings. The number of carbonyl (C=O) groups is 1. The molecule has 34 heavy (non-hydrogen) atoms. The third kappa shape index (κ3) is 4.72. The lowest BCUT2D eigenvalue weighted by atomic mass is 9.98. The van der Waals surface area contributed by atoms with Crippen LogP contribution < -0.4 is 10.6 Å². The second-order valence-corrected chi connectivity index (χ2v) is 8.91. The Bertz CT molecular complexity index is 1180. The number of nitrogens with one attached hydrogen (secondary N) is 2. The molecular weight excluding hydrogens is 439 g/mol. The number of fused-ring (bicyclic) bond motifs is 1. The first-order chi connectivity index (χ1) is 16.4. The fraction of sp³-hybridized carbons (Fsp3) is 0.296. The van der Waals surface area contributed by atoms with Gasteiger partial charge in [-0.25, -0.2) is 0 Å². The summed E-state index contributed by atoms with van der Waals surface area (Å²) in [5.41, 5.74) is 4.17. The molecule has 0 saturated carbocycles. The summed E-state index contributed by atoms with van der Waals surface area (Å²) in [5, 5.41) is 6.38. The molecule has 4 nitrogen and oxygen atoms in total. The molecule has 5 rings (SSSR count). The van der Waals surface area contributed by atoms with E-state index in [0.29, 0.717) is 22.7 Å². The first-order valence-electron chi connectivity index (χ1n) is 11.5. The molecule has 176 valence electrons. The van der Waals surface area contributed by atoms with Crippen LogP contribution in [0.3, 0.4) is 0 Å². The van der Waals surface area contributed by atoms with Crippen LogP contribution in [0.25, 0.3) is 11.1 Å². The summed E-state index contributed by atoms with van der Waals surface area (Å²) in [7, 11) is 0. The molecule has 0 aromatic heterocycles. The summed E-state index contributed by atoms with van der Waals surface area (Å²) in [6.45, 7) is 4.16. The Morgan fingerprint density at radius 2 is 1.62 bits per heavy atom. The number of halogens is 3. The Morgan fingerprint density at radius 3 is 2.35 bits per heavy atom. The highest BCUT2D eigenvalue weighted by Gasteiger charge is 2.30. The summed E-state index contributed by atoms with van der Waals surface area (Å²) in [6.07, 6.45) is -2.39. The molecule has 0 radical (unpaired) electrons. The van der Waals surface area contributed by atoms with E-state index >= 15 is 0 Å². The van der Waals surface area contributed by atoms with Crippen LogP contribution >= 0.6 is 0 Å². The molecule has 1 aliphatic carbocycles. The molecule has 0 bridgehead atoms. The molecule has 2 N–H and O–H groups in total. The van der Waals surface area contributed by atoms with Gasteiger partial charge in [0, 0.05) is 43.5 Å². The van der Waals surface area contributed by atoms with E-state index in [1.165, 1.54) is 23.3 Å². The van der Waals surface area contributed by atoms with Gasteiger partial charge in [-0.15, -0.1) is 0 Å². The van der Waals surface area contributed by atoms with Gasteiger partial charge in [-0.05, 0) is 65.4 Å². The molecule has 1 amide bonds. The first kappa shape index (κ1) is 22.6. The molecule has 1 saturated heterocycles. The van der Waals surface area contributed by atoms with Gasteiger partial charge in [0.15, 0.2) is 0 Å². The van der Waals surface area contributed by atoms with E-state index in [1.807, 2.05) is 6.07 Å². The monoisotopic (exact) mass is 465 g/mol. The highest BCUT2D eigenvalue weighted by atomic mass is 19.4. The Labute approximate surface area is 196 Å². The zero-order valence-corrected chi connectivity index (χ0v) is 18.7. The van der Waals surface area contributed by atoms with Crippen LogP contribution in [0.4, 0.5) is 18.9 Å². The zero-order valence-electron chi connectivity index (χ0n) is 18.7. The largest absolute Gasteiger partial charge is 0.416 e. The van der Waals surface area contributed by atoms with Crippen molar-refractivity contribution in [1.82, 2.24) is 10.2 Å². The van der Waals surface area contributed by atoms with E-state index in [4.69, 9.17) is 0 Å². The van der Waals surface area contributed by atoms with Gasteiger partial charge in [-0.1, -0.05) is 36.4 Å². The van der Waals surface area contributed by atoms with Gasteiger partial charge in [0.05, 0.1) is 5.56 Å². The van der Waals surface area contributed by atoms with E-state index in [-0.39, 0.29) is 5.91 Å². The molecule has 1 aliphatic heterocycles. The van der Waals surface area contributed by atoms with Gasteiger partial charge in [-0.3, -0.25) is 9.69 Å². The third-order valence-corrected chi connectivity index (χ3v) is 6.74. The fourth-order valence-electron chi connectivity index (χ4n) is 4.95. The van der Waals surface area contributed by atoms with Crippen LogP contribution in [0.1, 0.15) is 27.0 Å². The molecule has 7 heteroatoms. The van der Waals surface area contributed by atoms with E-state index in [9.17, 15) is 18.0 Å². The Balaban J connectivity index is 1.32. The molecule has 0 spiro atoms. The normalized spacial score (nSPS) is 18.5. The van der Waals surface area contributed by atoms with Crippen LogP contribution in [-0.4, -0.2) is 43.0 Å². The van der Waals surface area contributed by atoms with Gasteiger partial charge in [0.1, 0.15) is 0 Å². The van der Waals surface area contributed by atoms with E-state index < -0.39 is 11.7 Å². The number of amides is 1. The summed E-state index contributed by atoms with van der Waals surface area (Å²) in [4.78, 5) is 15.7. The number of anilines is 1. The number of nitrogens with zero attached hydrogens (tertiary/aromatic N) is 1. The highest BCUT2D eigenvalue weighted by Crippen LogP contribution is 2.33. The molecule has 1 atom stereocenters. The van der Waals surface area contributed by atoms with E-state index in [0.717, 1.165) is 56.8 Å². The van der Waals surface area contributed by atoms with Crippen molar-refractivity contribution in [2.75, 3.05) is 31.5 Å². The average molecular weight is 466 g/mol. The number of hydrogen-bond acceptors (Lipinski definition) is 3. The summed E-state index contributed by atoms with van der Waals surface area (Å²) in [6, 6.07) is 18.4. The molecule has 2 aliphatic rings. The molecular formula is C27H26F3N3O. The number of rotatable bonds is 4. The number of piperazine rings is 1. The Hall–Kier alpha value is -3.16. The lowest BCUT2D eigenvalue weighted by molar-refractivity contribution is -0.137. The molecule has 1 fully saturated rings. The fourth-order valence-corrected chi connectivity index (χ4v) is 4.95. The zero-order chi connectivity index (χ0) is 23.7. The van der Waals surface area contributed by atoms with Crippen molar-refractivity contribution in [3.8, 4) is 11.1 Å². The maximum Gasteiger partial charge on any atom is 0.416 e. The summed E-state index contributed by atoms with van der Waals surface area (Å²) < 4.78 is 38.8. The van der Waals surface area contributed by atoms with E-state index in [1.54, 1.807) is 24.3 Å². The standard InChI is InChI=1S/C27H26F3N3O/c28-27(29,30)21-8-5-18(6-9-21)24-3-1-2-4-25(24)26(34)32-22-10-7-19-16-23(17-20(19)15-22)33-13-11-31-12-14-33/h1-10,15,23,31H,11-14,16-17H2,(H,32,34). The maximum absolute atomic E-state index is 13.1. The topological polar surface area (TPSA) is 44.4 Å². The first-order valence-corrected chi connectivity index (χ1v) is 11.5. The smallest absolute Gasteiger partial charge is 0.322 e. The van der Waals surface area contributed by atoms with Crippen LogP contribution in [0, 0.1) is 0 Å². The van der Waals surface area contributed by atoms with Crippen molar-refractivity contribution in [3.05, 3.63) is 89.0 Å². The van der Waals surface area contributed by atoms with E-state index in [2.05, 4.69) is 27.7 Å². The summed E-state index contributed by atoms with van der Waals surface area (Å²) in [5.74, 6) is -0.285. The van der Waals surface area contributed by atoms with Gasteiger partial charge in [0.25, 0.3) is 5.91 Å². The van der Waals surface area contributed by atoms with Crippen molar-refractivity contribution in [2.45, 2.75) is 25.1 Å². The van der Waals surface area contributed by atoms with Crippen molar-refractivity contribution in [3.63, 3.8) is 0 Å². The van der Waals surface area contributed by atoms with Gasteiger partial charge < -0.3 is 10.6 Å². The Morgan fingerprint density at radius 1 is 0.912 bits per heavy atom. The number of alkyl halides is 3. The summed E-state index contributed by atoms with van der Waals surface area (Å²) >= 11 is 0. The second-order valence-electron chi connectivity index (χ2n) is 8.91. The van der Waals surface area contributed by atoms with Crippen molar-refractivity contribution in [1.29, 1.82) is 0 Å². The number of benzene rings is 3. The van der Waals surface area contributed by atoms with Crippen LogP contribution in [0.5, 0.6) is 0 Å². The van der Waals surface area contributed by atoms with Gasteiger partial charge in [0.2, 0.25) is 0 Å². The predicted octanol–water partition coefficient (Wildman–Crippen LogP) is 5.00. The predicted molar refractivity (Wildman–Crippen MR) is 127 cm³/mol. The molecule has 3 aromatic carbocycles. The lowest BCUT2D eigenvalue weighted by Crippen LogP contribution is -2.48. The number of carbonyl (C=O) groups excluding carboxylic acids is 1. The minimum absolute atomic E-state index is 0.285. The minimum Gasteiger partial charge on any atom is -0.322 e. The van der Waals surface area contributed by atoms with Gasteiger partial charge in [-0.2, -0.15) is 13.2 Å². The van der Waals surface area contributed by atoms with Crippen molar-refractivity contribution in [2.24, 2.45) is 0 Å². The quantitative estimate of drug-likeness (QED) is 0.570. The van der Waals surface area contributed by atoms with Crippen LogP contribution in [0.15, 0.2) is 66.7 Å². The molecule has 1 unspecified atom stereocenters. The second kappa shape index (κ2) is 9.24.